The van der Waals surface area contributed by atoms with Gasteiger partial charge >= 0.3 is 0 Å². The van der Waals surface area contributed by atoms with Gasteiger partial charge in [0, 0.05) is 17.4 Å². The van der Waals surface area contributed by atoms with Gasteiger partial charge in [-0.25, -0.2) is 0 Å². The van der Waals surface area contributed by atoms with Gasteiger partial charge in [0.15, 0.2) is 0 Å². The fourth-order valence-electron chi connectivity index (χ4n) is 1.84. The Morgan fingerprint density at radius 1 is 1.50 bits per heavy atom. The molecule has 1 atom stereocenters. The second-order valence-corrected chi connectivity index (χ2v) is 4.44. The van der Waals surface area contributed by atoms with Crippen LogP contribution in [0.2, 0.25) is 0 Å². The van der Waals surface area contributed by atoms with Crippen molar-refractivity contribution in [2.45, 2.75) is 25.8 Å². The number of rotatable bonds is 4. The topological polar surface area (TPSA) is 81.1 Å². The Labute approximate surface area is 95.0 Å². The van der Waals surface area contributed by atoms with Crippen molar-refractivity contribution in [1.29, 1.82) is 0 Å². The van der Waals surface area contributed by atoms with Gasteiger partial charge in [-0.15, -0.1) is 0 Å². The standard InChI is InChI=1S/C12H17N3O/c1-7(8-2-3-8)15-9-4-5-11(13)10(6-9)12(14)16/h4-8,15H,2-3,13H2,1H3,(H2,14,16). The molecule has 1 fully saturated rings. The zero-order chi connectivity index (χ0) is 11.7. The summed E-state index contributed by atoms with van der Waals surface area (Å²) in [6, 6.07) is 5.74. The van der Waals surface area contributed by atoms with E-state index in [1.54, 1.807) is 12.1 Å². The molecule has 0 heterocycles. The Balaban J connectivity index is 2.15. The number of carbonyl (C=O) groups excluding carboxylic acids is 1. The SMILES string of the molecule is CC(Nc1ccc(N)c(C(N)=O)c1)C1CC1. The molecule has 0 bridgehead atoms. The number of nitrogen functional groups attached to an aromatic ring is 1. The van der Waals surface area contributed by atoms with E-state index in [9.17, 15) is 4.79 Å². The molecule has 0 saturated heterocycles. The summed E-state index contributed by atoms with van der Waals surface area (Å²) >= 11 is 0. The summed E-state index contributed by atoms with van der Waals surface area (Å²) in [6.45, 7) is 2.15. The summed E-state index contributed by atoms with van der Waals surface area (Å²) in [5.41, 5.74) is 12.6. The van der Waals surface area contributed by atoms with Gasteiger partial charge in [0.1, 0.15) is 0 Å². The monoisotopic (exact) mass is 219 g/mol. The van der Waals surface area contributed by atoms with E-state index in [2.05, 4.69) is 12.2 Å². The molecule has 0 radical (unpaired) electrons. The Morgan fingerprint density at radius 3 is 2.75 bits per heavy atom. The summed E-state index contributed by atoms with van der Waals surface area (Å²) in [5.74, 6) is 0.273. The van der Waals surface area contributed by atoms with E-state index in [0.29, 0.717) is 17.3 Å². The summed E-state index contributed by atoms with van der Waals surface area (Å²) in [5, 5.41) is 3.36. The molecule has 16 heavy (non-hydrogen) atoms. The lowest BCUT2D eigenvalue weighted by Gasteiger charge is -2.15. The molecule has 4 nitrogen and oxygen atoms in total. The molecule has 1 aliphatic rings. The van der Waals surface area contributed by atoms with Crippen LogP contribution < -0.4 is 16.8 Å². The summed E-state index contributed by atoms with van der Waals surface area (Å²) in [4.78, 5) is 11.1. The molecule has 0 spiro atoms. The highest BCUT2D eigenvalue weighted by Crippen LogP contribution is 2.34. The molecule has 4 heteroatoms. The first-order chi connectivity index (χ1) is 7.58. The number of nitrogens with one attached hydrogen (secondary N) is 1. The Bertz CT molecular complexity index is 413. The van der Waals surface area contributed by atoms with Crippen LogP contribution in [-0.4, -0.2) is 11.9 Å². The van der Waals surface area contributed by atoms with Gasteiger partial charge in [0.05, 0.1) is 5.56 Å². The Morgan fingerprint density at radius 2 is 2.19 bits per heavy atom. The first-order valence-corrected chi connectivity index (χ1v) is 5.54. The number of nitrogens with two attached hydrogens (primary N) is 2. The number of anilines is 2. The number of hydrogen-bond acceptors (Lipinski definition) is 3. The highest BCUT2D eigenvalue weighted by molar-refractivity contribution is 5.98. The first kappa shape index (κ1) is 10.8. The minimum absolute atomic E-state index is 0.382. The maximum atomic E-state index is 11.1. The van der Waals surface area contributed by atoms with Crippen LogP contribution in [0.1, 0.15) is 30.1 Å². The molecule has 0 aliphatic heterocycles. The van der Waals surface area contributed by atoms with E-state index in [4.69, 9.17) is 11.5 Å². The number of carbonyl (C=O) groups is 1. The van der Waals surface area contributed by atoms with Gasteiger partial charge in [-0.2, -0.15) is 0 Å². The van der Waals surface area contributed by atoms with Crippen molar-refractivity contribution in [3.63, 3.8) is 0 Å². The number of primary amides is 1. The maximum Gasteiger partial charge on any atom is 0.250 e. The van der Waals surface area contributed by atoms with Crippen molar-refractivity contribution in [2.24, 2.45) is 11.7 Å². The number of amides is 1. The van der Waals surface area contributed by atoms with Crippen LogP contribution in [0.5, 0.6) is 0 Å². The van der Waals surface area contributed by atoms with E-state index >= 15 is 0 Å². The number of benzene rings is 1. The predicted molar refractivity (Wildman–Crippen MR) is 65.2 cm³/mol. The van der Waals surface area contributed by atoms with Gasteiger partial charge in [0.25, 0.3) is 5.91 Å². The lowest BCUT2D eigenvalue weighted by atomic mass is 10.1. The summed E-state index contributed by atoms with van der Waals surface area (Å²) in [6.07, 6.45) is 2.57. The van der Waals surface area contributed by atoms with Crippen LogP contribution in [0, 0.1) is 5.92 Å². The number of hydrogen-bond donors (Lipinski definition) is 3. The molecule has 86 valence electrons. The molecular weight excluding hydrogens is 202 g/mol. The van der Waals surface area contributed by atoms with Crippen molar-refractivity contribution in [3.05, 3.63) is 23.8 Å². The molecule has 0 aromatic heterocycles. The third-order valence-corrected chi connectivity index (χ3v) is 3.04. The Kier molecular flexibility index (Phi) is 2.73. The van der Waals surface area contributed by atoms with E-state index < -0.39 is 5.91 Å². The highest BCUT2D eigenvalue weighted by atomic mass is 16.1. The molecular formula is C12H17N3O. The fourth-order valence-corrected chi connectivity index (χ4v) is 1.84. The smallest absolute Gasteiger partial charge is 0.250 e. The molecule has 2 rings (SSSR count). The lowest BCUT2D eigenvalue weighted by molar-refractivity contribution is 0.100. The van der Waals surface area contributed by atoms with E-state index in [0.717, 1.165) is 11.6 Å². The van der Waals surface area contributed by atoms with Gasteiger partial charge in [-0.3, -0.25) is 4.79 Å². The molecule has 1 aromatic carbocycles. The predicted octanol–water partition coefficient (Wildman–Crippen LogP) is 1.58. The molecule has 1 aliphatic carbocycles. The minimum Gasteiger partial charge on any atom is -0.398 e. The normalized spacial score (nSPS) is 16.8. The highest BCUT2D eigenvalue weighted by Gasteiger charge is 2.27. The molecule has 1 saturated carbocycles. The van der Waals surface area contributed by atoms with Crippen LogP contribution in [-0.2, 0) is 0 Å². The lowest BCUT2D eigenvalue weighted by Crippen LogP contribution is -2.19. The van der Waals surface area contributed by atoms with Gasteiger partial charge in [0.2, 0.25) is 0 Å². The van der Waals surface area contributed by atoms with Crippen LogP contribution >= 0.6 is 0 Å². The molecule has 5 N–H and O–H groups in total. The van der Waals surface area contributed by atoms with E-state index in [-0.39, 0.29) is 0 Å². The average Bonchev–Trinajstić information content (AvgIpc) is 3.03. The van der Waals surface area contributed by atoms with Crippen molar-refractivity contribution in [2.75, 3.05) is 11.1 Å². The summed E-state index contributed by atoms with van der Waals surface area (Å²) < 4.78 is 0. The van der Waals surface area contributed by atoms with Crippen LogP contribution in [0.25, 0.3) is 0 Å². The van der Waals surface area contributed by atoms with Gasteiger partial charge < -0.3 is 16.8 Å². The van der Waals surface area contributed by atoms with Gasteiger partial charge in [-0.05, 0) is 43.9 Å². The third-order valence-electron chi connectivity index (χ3n) is 3.04. The quantitative estimate of drug-likeness (QED) is 0.672. The third kappa shape index (κ3) is 2.27. The second-order valence-electron chi connectivity index (χ2n) is 4.44. The first-order valence-electron chi connectivity index (χ1n) is 5.54. The summed E-state index contributed by atoms with van der Waals surface area (Å²) in [7, 11) is 0. The van der Waals surface area contributed by atoms with Crippen LogP contribution in [0.4, 0.5) is 11.4 Å². The minimum atomic E-state index is -0.486. The van der Waals surface area contributed by atoms with Crippen molar-refractivity contribution >= 4 is 17.3 Å². The largest absolute Gasteiger partial charge is 0.398 e. The van der Waals surface area contributed by atoms with Crippen molar-refractivity contribution in [3.8, 4) is 0 Å². The van der Waals surface area contributed by atoms with Crippen LogP contribution in [0.3, 0.4) is 0 Å². The van der Waals surface area contributed by atoms with Crippen molar-refractivity contribution in [1.82, 2.24) is 0 Å². The van der Waals surface area contributed by atoms with Gasteiger partial charge in [-0.1, -0.05) is 0 Å². The maximum absolute atomic E-state index is 11.1. The second kappa shape index (κ2) is 4.04. The van der Waals surface area contributed by atoms with E-state index in [1.807, 2.05) is 6.07 Å². The molecule has 1 aromatic rings. The average molecular weight is 219 g/mol. The Hall–Kier alpha value is -1.71. The zero-order valence-corrected chi connectivity index (χ0v) is 9.36. The molecule has 1 unspecified atom stereocenters. The zero-order valence-electron chi connectivity index (χ0n) is 9.36. The fraction of sp³-hybridized carbons (Fsp3) is 0.417. The van der Waals surface area contributed by atoms with E-state index in [1.165, 1.54) is 12.8 Å². The molecule has 1 amide bonds. The van der Waals surface area contributed by atoms with Crippen LogP contribution in [0.15, 0.2) is 18.2 Å². The van der Waals surface area contributed by atoms with Crippen molar-refractivity contribution < 1.29 is 4.79 Å².